The SMILES string of the molecule is C=C/C=C(C)\C=C1/COCCC1c1ccccc1. The molecule has 18 heavy (non-hydrogen) atoms. The lowest BCUT2D eigenvalue weighted by molar-refractivity contribution is 0.121. The third-order valence-electron chi connectivity index (χ3n) is 3.26. The highest BCUT2D eigenvalue weighted by Crippen LogP contribution is 2.32. The number of hydrogen-bond donors (Lipinski definition) is 0. The molecule has 1 aromatic carbocycles. The van der Waals surface area contributed by atoms with Crippen LogP contribution >= 0.6 is 0 Å². The van der Waals surface area contributed by atoms with E-state index >= 15 is 0 Å². The molecule has 0 bridgehead atoms. The van der Waals surface area contributed by atoms with Crippen LogP contribution in [-0.2, 0) is 4.74 Å². The van der Waals surface area contributed by atoms with E-state index in [0.29, 0.717) is 5.92 Å². The van der Waals surface area contributed by atoms with Crippen molar-refractivity contribution in [3.63, 3.8) is 0 Å². The van der Waals surface area contributed by atoms with Gasteiger partial charge < -0.3 is 4.74 Å². The van der Waals surface area contributed by atoms with Gasteiger partial charge in [-0.05, 0) is 24.5 Å². The average molecular weight is 240 g/mol. The lowest BCUT2D eigenvalue weighted by Crippen LogP contribution is -2.17. The van der Waals surface area contributed by atoms with Crippen molar-refractivity contribution in [2.24, 2.45) is 0 Å². The van der Waals surface area contributed by atoms with Crippen LogP contribution in [0.4, 0.5) is 0 Å². The molecule has 1 aliphatic rings. The molecule has 0 saturated carbocycles. The standard InChI is InChI=1S/C17H20O/c1-3-7-14(2)12-16-13-18-11-10-17(16)15-8-5-4-6-9-15/h3-9,12,17H,1,10-11,13H2,2H3/b14-7-,16-12+. The van der Waals surface area contributed by atoms with Gasteiger partial charge in [-0.15, -0.1) is 0 Å². The van der Waals surface area contributed by atoms with Gasteiger partial charge in [-0.25, -0.2) is 0 Å². The summed E-state index contributed by atoms with van der Waals surface area (Å²) in [5.41, 5.74) is 3.98. The quantitative estimate of drug-likeness (QED) is 0.718. The van der Waals surface area contributed by atoms with E-state index in [1.807, 2.05) is 12.2 Å². The first-order valence-corrected chi connectivity index (χ1v) is 6.43. The Labute approximate surface area is 109 Å². The molecule has 1 heterocycles. The summed E-state index contributed by atoms with van der Waals surface area (Å²) in [6, 6.07) is 10.7. The van der Waals surface area contributed by atoms with Crippen molar-refractivity contribution in [3.8, 4) is 0 Å². The van der Waals surface area contributed by atoms with Crippen molar-refractivity contribution < 1.29 is 4.74 Å². The normalized spacial score (nSPS) is 23.1. The maximum Gasteiger partial charge on any atom is 0.0685 e. The minimum Gasteiger partial charge on any atom is -0.377 e. The molecular formula is C17H20O. The highest BCUT2D eigenvalue weighted by atomic mass is 16.5. The summed E-state index contributed by atoms with van der Waals surface area (Å²) in [6.07, 6.45) is 7.16. The second-order valence-electron chi connectivity index (χ2n) is 4.67. The third-order valence-corrected chi connectivity index (χ3v) is 3.26. The monoisotopic (exact) mass is 240 g/mol. The molecule has 1 atom stereocenters. The van der Waals surface area contributed by atoms with Crippen LogP contribution in [0.15, 0.2) is 66.3 Å². The second-order valence-corrected chi connectivity index (χ2v) is 4.67. The maximum atomic E-state index is 5.59. The van der Waals surface area contributed by atoms with E-state index in [9.17, 15) is 0 Å². The van der Waals surface area contributed by atoms with Crippen LogP contribution in [0.2, 0.25) is 0 Å². The molecule has 1 heteroatoms. The predicted octanol–water partition coefficient (Wildman–Crippen LogP) is 4.25. The molecule has 1 unspecified atom stereocenters. The van der Waals surface area contributed by atoms with Gasteiger partial charge in [0.2, 0.25) is 0 Å². The van der Waals surface area contributed by atoms with Gasteiger partial charge >= 0.3 is 0 Å². The number of benzene rings is 1. The summed E-state index contributed by atoms with van der Waals surface area (Å²) in [7, 11) is 0. The van der Waals surface area contributed by atoms with Gasteiger partial charge in [0, 0.05) is 12.5 Å². The van der Waals surface area contributed by atoms with Gasteiger partial charge in [0.15, 0.2) is 0 Å². The second kappa shape index (κ2) is 6.36. The minimum absolute atomic E-state index is 0.494. The fourth-order valence-corrected chi connectivity index (χ4v) is 2.41. The van der Waals surface area contributed by atoms with E-state index in [1.54, 1.807) is 0 Å². The van der Waals surface area contributed by atoms with Crippen LogP contribution in [-0.4, -0.2) is 13.2 Å². The molecule has 1 aliphatic heterocycles. The average Bonchev–Trinajstić information content (AvgIpc) is 2.40. The van der Waals surface area contributed by atoms with Crippen LogP contribution < -0.4 is 0 Å². The van der Waals surface area contributed by atoms with Crippen molar-refractivity contribution in [3.05, 3.63) is 71.8 Å². The molecule has 1 nitrogen and oxygen atoms in total. The summed E-state index contributed by atoms with van der Waals surface area (Å²) < 4.78 is 5.59. The molecule has 1 aromatic rings. The summed E-state index contributed by atoms with van der Waals surface area (Å²) >= 11 is 0. The highest BCUT2D eigenvalue weighted by molar-refractivity contribution is 5.35. The van der Waals surface area contributed by atoms with Gasteiger partial charge in [0.1, 0.15) is 0 Å². The smallest absolute Gasteiger partial charge is 0.0685 e. The topological polar surface area (TPSA) is 9.23 Å². The van der Waals surface area contributed by atoms with E-state index in [1.165, 1.54) is 16.7 Å². The third kappa shape index (κ3) is 3.21. The summed E-state index contributed by atoms with van der Waals surface area (Å²) in [6.45, 7) is 7.42. The van der Waals surface area contributed by atoms with Gasteiger partial charge in [0.25, 0.3) is 0 Å². The largest absolute Gasteiger partial charge is 0.377 e. The molecule has 0 amide bonds. The first-order chi connectivity index (χ1) is 8.81. The van der Waals surface area contributed by atoms with Crippen molar-refractivity contribution in [1.82, 2.24) is 0 Å². The van der Waals surface area contributed by atoms with Crippen LogP contribution in [0.3, 0.4) is 0 Å². The number of hydrogen-bond acceptors (Lipinski definition) is 1. The molecule has 0 aliphatic carbocycles. The number of ether oxygens (including phenoxy) is 1. The highest BCUT2D eigenvalue weighted by Gasteiger charge is 2.20. The zero-order chi connectivity index (χ0) is 12.8. The predicted molar refractivity (Wildman–Crippen MR) is 76.7 cm³/mol. The van der Waals surface area contributed by atoms with Gasteiger partial charge in [0.05, 0.1) is 6.61 Å². The lowest BCUT2D eigenvalue weighted by atomic mass is 9.86. The van der Waals surface area contributed by atoms with Crippen LogP contribution in [0, 0.1) is 0 Å². The Balaban J connectivity index is 2.27. The van der Waals surface area contributed by atoms with Gasteiger partial charge in [-0.1, -0.05) is 60.7 Å². The van der Waals surface area contributed by atoms with Crippen LogP contribution in [0.5, 0.6) is 0 Å². The minimum atomic E-state index is 0.494. The Hall–Kier alpha value is -1.60. The summed E-state index contributed by atoms with van der Waals surface area (Å²) in [5.74, 6) is 0.494. The number of allylic oxidation sites excluding steroid dienone is 4. The Bertz CT molecular complexity index is 454. The lowest BCUT2D eigenvalue weighted by Gasteiger charge is -2.26. The Morgan fingerprint density at radius 3 is 2.83 bits per heavy atom. The summed E-state index contributed by atoms with van der Waals surface area (Å²) in [5, 5.41) is 0. The molecule has 1 saturated heterocycles. The maximum absolute atomic E-state index is 5.59. The van der Waals surface area contributed by atoms with Crippen molar-refractivity contribution in [1.29, 1.82) is 0 Å². The van der Waals surface area contributed by atoms with E-state index in [4.69, 9.17) is 4.74 Å². The first-order valence-electron chi connectivity index (χ1n) is 6.43. The molecule has 2 rings (SSSR count). The van der Waals surface area contributed by atoms with Gasteiger partial charge in [-0.3, -0.25) is 0 Å². The molecule has 0 spiro atoms. The molecule has 0 N–H and O–H groups in total. The van der Waals surface area contributed by atoms with Crippen LogP contribution in [0.25, 0.3) is 0 Å². The Morgan fingerprint density at radius 2 is 2.11 bits per heavy atom. The summed E-state index contributed by atoms with van der Waals surface area (Å²) in [4.78, 5) is 0. The Kier molecular flexibility index (Phi) is 4.54. The van der Waals surface area contributed by atoms with E-state index in [0.717, 1.165) is 19.6 Å². The zero-order valence-corrected chi connectivity index (χ0v) is 10.9. The van der Waals surface area contributed by atoms with E-state index in [2.05, 4.69) is 49.9 Å². The number of rotatable bonds is 3. The Morgan fingerprint density at radius 1 is 1.33 bits per heavy atom. The molecule has 94 valence electrons. The zero-order valence-electron chi connectivity index (χ0n) is 10.9. The molecule has 0 aromatic heterocycles. The fourth-order valence-electron chi connectivity index (χ4n) is 2.41. The van der Waals surface area contributed by atoms with Crippen molar-refractivity contribution in [2.75, 3.05) is 13.2 Å². The van der Waals surface area contributed by atoms with E-state index in [-0.39, 0.29) is 0 Å². The van der Waals surface area contributed by atoms with Crippen molar-refractivity contribution in [2.45, 2.75) is 19.3 Å². The fraction of sp³-hybridized carbons (Fsp3) is 0.294. The van der Waals surface area contributed by atoms with Crippen LogP contribution in [0.1, 0.15) is 24.8 Å². The molecule has 1 fully saturated rings. The molecular weight excluding hydrogens is 220 g/mol. The van der Waals surface area contributed by atoms with E-state index < -0.39 is 0 Å². The molecule has 0 radical (unpaired) electrons. The first kappa shape index (κ1) is 12.8. The van der Waals surface area contributed by atoms with Gasteiger partial charge in [-0.2, -0.15) is 0 Å². The van der Waals surface area contributed by atoms with Crippen molar-refractivity contribution >= 4 is 0 Å².